The average Bonchev–Trinajstić information content (AvgIpc) is 3.34. The Labute approximate surface area is 137 Å². The molecule has 124 valence electrons. The highest BCUT2D eigenvalue weighted by Crippen LogP contribution is 2.26. The number of nitrogens with one attached hydrogen (secondary N) is 2. The summed E-state index contributed by atoms with van der Waals surface area (Å²) in [5.41, 5.74) is 7.23. The van der Waals surface area contributed by atoms with Crippen LogP contribution < -0.4 is 16.4 Å². The number of anilines is 1. The van der Waals surface area contributed by atoms with Crippen LogP contribution in [0.2, 0.25) is 0 Å². The van der Waals surface area contributed by atoms with Crippen molar-refractivity contribution >= 4 is 17.5 Å². The number of para-hydroxylation sites is 1. The fraction of sp³-hybridized carbons (Fsp3) is 0.556. The highest BCUT2D eigenvalue weighted by atomic mass is 16.2. The van der Waals surface area contributed by atoms with Crippen LogP contribution in [0.1, 0.15) is 55.3 Å². The molecular weight excluding hydrogens is 290 g/mol. The molecule has 2 aliphatic rings. The van der Waals surface area contributed by atoms with Crippen LogP contribution in [0, 0.1) is 5.92 Å². The van der Waals surface area contributed by atoms with E-state index in [0.717, 1.165) is 38.5 Å². The number of rotatable bonds is 5. The van der Waals surface area contributed by atoms with Gasteiger partial charge < -0.3 is 16.4 Å². The van der Waals surface area contributed by atoms with Crippen molar-refractivity contribution in [3.05, 3.63) is 29.8 Å². The Morgan fingerprint density at radius 1 is 1.09 bits per heavy atom. The first-order chi connectivity index (χ1) is 11.1. The van der Waals surface area contributed by atoms with Gasteiger partial charge in [0.25, 0.3) is 5.91 Å². The van der Waals surface area contributed by atoms with Crippen molar-refractivity contribution in [2.45, 2.75) is 57.0 Å². The molecule has 5 heteroatoms. The molecule has 2 unspecified atom stereocenters. The van der Waals surface area contributed by atoms with Crippen LogP contribution in [0.25, 0.3) is 0 Å². The van der Waals surface area contributed by atoms with Crippen molar-refractivity contribution in [2.24, 2.45) is 11.7 Å². The van der Waals surface area contributed by atoms with Gasteiger partial charge in [-0.2, -0.15) is 0 Å². The summed E-state index contributed by atoms with van der Waals surface area (Å²) in [6.45, 7) is 0. The van der Waals surface area contributed by atoms with Gasteiger partial charge in [0.15, 0.2) is 0 Å². The van der Waals surface area contributed by atoms with Crippen LogP contribution in [0.3, 0.4) is 0 Å². The lowest BCUT2D eigenvalue weighted by Gasteiger charge is -2.28. The maximum Gasteiger partial charge on any atom is 0.253 e. The summed E-state index contributed by atoms with van der Waals surface area (Å²) in [6.07, 6.45) is 6.83. The van der Waals surface area contributed by atoms with Gasteiger partial charge in [0.05, 0.1) is 11.3 Å². The molecule has 1 aromatic carbocycles. The third-order valence-electron chi connectivity index (χ3n) is 4.77. The number of carbonyl (C=O) groups excluding carboxylic acids is 2. The third-order valence-corrected chi connectivity index (χ3v) is 4.77. The van der Waals surface area contributed by atoms with E-state index in [4.69, 9.17) is 5.73 Å². The minimum Gasteiger partial charge on any atom is -0.349 e. The average molecular weight is 315 g/mol. The molecule has 0 radical (unpaired) electrons. The zero-order valence-corrected chi connectivity index (χ0v) is 13.4. The van der Waals surface area contributed by atoms with Crippen LogP contribution in [-0.2, 0) is 4.79 Å². The van der Waals surface area contributed by atoms with E-state index in [9.17, 15) is 9.59 Å². The number of benzene rings is 1. The van der Waals surface area contributed by atoms with E-state index >= 15 is 0 Å². The summed E-state index contributed by atoms with van der Waals surface area (Å²) in [4.78, 5) is 24.6. The van der Waals surface area contributed by atoms with Gasteiger partial charge in [-0.15, -0.1) is 0 Å². The Hall–Kier alpha value is -1.88. The fourth-order valence-corrected chi connectivity index (χ4v) is 3.21. The molecule has 1 aromatic rings. The van der Waals surface area contributed by atoms with E-state index in [2.05, 4.69) is 10.6 Å². The minimum atomic E-state index is -0.113. The second kappa shape index (κ2) is 7.13. The lowest BCUT2D eigenvalue weighted by molar-refractivity contribution is -0.117. The number of nitrogens with two attached hydrogens (primary N) is 1. The molecular formula is C18H25N3O2. The van der Waals surface area contributed by atoms with E-state index in [1.807, 2.05) is 12.1 Å². The lowest BCUT2D eigenvalue weighted by Crippen LogP contribution is -2.35. The summed E-state index contributed by atoms with van der Waals surface area (Å²) in [5, 5.41) is 5.86. The van der Waals surface area contributed by atoms with Crippen LogP contribution >= 0.6 is 0 Å². The maximum absolute atomic E-state index is 12.3. The first-order valence-corrected chi connectivity index (χ1v) is 8.59. The Kier molecular flexibility index (Phi) is 4.96. The predicted octanol–water partition coefficient (Wildman–Crippen LogP) is 2.42. The van der Waals surface area contributed by atoms with Crippen molar-refractivity contribution in [1.82, 2.24) is 5.32 Å². The van der Waals surface area contributed by atoms with Gasteiger partial charge in [0, 0.05) is 18.5 Å². The molecule has 2 amide bonds. The fourth-order valence-electron chi connectivity index (χ4n) is 3.21. The Bertz CT molecular complexity index is 583. The summed E-state index contributed by atoms with van der Waals surface area (Å²) < 4.78 is 0. The van der Waals surface area contributed by atoms with Crippen molar-refractivity contribution in [2.75, 3.05) is 5.32 Å². The topological polar surface area (TPSA) is 84.2 Å². The predicted molar refractivity (Wildman–Crippen MR) is 90.1 cm³/mol. The first kappa shape index (κ1) is 16.0. The number of hydrogen-bond acceptors (Lipinski definition) is 3. The van der Waals surface area contributed by atoms with E-state index in [1.54, 1.807) is 12.1 Å². The van der Waals surface area contributed by atoms with E-state index in [1.165, 1.54) is 0 Å². The SMILES string of the molecule is NC1CCCCC1CC(=O)Nc1ccccc1C(=O)NC1CC1. The molecule has 0 spiro atoms. The Balaban J connectivity index is 1.62. The zero-order valence-electron chi connectivity index (χ0n) is 13.4. The van der Waals surface area contributed by atoms with Crippen molar-refractivity contribution < 1.29 is 9.59 Å². The highest BCUT2D eigenvalue weighted by Gasteiger charge is 2.26. The van der Waals surface area contributed by atoms with E-state index in [-0.39, 0.29) is 23.8 Å². The highest BCUT2D eigenvalue weighted by molar-refractivity contribution is 6.03. The molecule has 2 fully saturated rings. The Morgan fingerprint density at radius 2 is 1.83 bits per heavy atom. The monoisotopic (exact) mass is 315 g/mol. The molecule has 23 heavy (non-hydrogen) atoms. The van der Waals surface area contributed by atoms with Gasteiger partial charge in [-0.05, 0) is 43.7 Å². The molecule has 2 saturated carbocycles. The van der Waals surface area contributed by atoms with E-state index in [0.29, 0.717) is 23.7 Å². The molecule has 0 heterocycles. The van der Waals surface area contributed by atoms with Crippen LogP contribution in [0.5, 0.6) is 0 Å². The maximum atomic E-state index is 12.3. The Morgan fingerprint density at radius 3 is 2.57 bits per heavy atom. The zero-order chi connectivity index (χ0) is 16.2. The smallest absolute Gasteiger partial charge is 0.253 e. The molecule has 0 aliphatic heterocycles. The summed E-state index contributed by atoms with van der Waals surface area (Å²) in [6, 6.07) is 7.58. The molecule has 0 saturated heterocycles. The first-order valence-electron chi connectivity index (χ1n) is 8.59. The van der Waals surface area contributed by atoms with Crippen LogP contribution in [0.4, 0.5) is 5.69 Å². The third kappa shape index (κ3) is 4.32. The van der Waals surface area contributed by atoms with Crippen molar-refractivity contribution in [1.29, 1.82) is 0 Å². The quantitative estimate of drug-likeness (QED) is 0.780. The van der Waals surface area contributed by atoms with Gasteiger partial charge >= 0.3 is 0 Å². The van der Waals surface area contributed by atoms with Gasteiger partial charge in [-0.3, -0.25) is 9.59 Å². The number of carbonyl (C=O) groups is 2. The van der Waals surface area contributed by atoms with Gasteiger partial charge in [-0.1, -0.05) is 25.0 Å². The van der Waals surface area contributed by atoms with E-state index < -0.39 is 0 Å². The second-order valence-corrected chi connectivity index (χ2v) is 6.75. The summed E-state index contributed by atoms with van der Waals surface area (Å²) in [7, 11) is 0. The molecule has 4 N–H and O–H groups in total. The molecule has 5 nitrogen and oxygen atoms in total. The standard InChI is InChI=1S/C18H25N3O2/c19-15-7-3-1-5-12(15)11-17(22)21-16-8-4-2-6-14(16)18(23)20-13-9-10-13/h2,4,6,8,12-13,15H,1,3,5,7,9-11,19H2,(H,20,23)(H,21,22). The van der Waals surface area contributed by atoms with Gasteiger partial charge in [-0.25, -0.2) is 0 Å². The van der Waals surface area contributed by atoms with Crippen LogP contribution in [-0.4, -0.2) is 23.9 Å². The van der Waals surface area contributed by atoms with Crippen molar-refractivity contribution in [3.63, 3.8) is 0 Å². The van der Waals surface area contributed by atoms with Crippen molar-refractivity contribution in [3.8, 4) is 0 Å². The molecule has 2 atom stereocenters. The number of hydrogen-bond donors (Lipinski definition) is 3. The van der Waals surface area contributed by atoms with Gasteiger partial charge in [0.1, 0.15) is 0 Å². The molecule has 0 bridgehead atoms. The molecule has 2 aliphatic carbocycles. The van der Waals surface area contributed by atoms with Crippen LogP contribution in [0.15, 0.2) is 24.3 Å². The summed E-state index contributed by atoms with van der Waals surface area (Å²) >= 11 is 0. The summed E-state index contributed by atoms with van der Waals surface area (Å²) in [5.74, 6) is 0.0768. The largest absolute Gasteiger partial charge is 0.349 e. The number of amides is 2. The normalized spacial score (nSPS) is 24.0. The second-order valence-electron chi connectivity index (χ2n) is 6.75. The molecule has 3 rings (SSSR count). The van der Waals surface area contributed by atoms with Gasteiger partial charge in [0.2, 0.25) is 5.91 Å². The molecule has 0 aromatic heterocycles. The lowest BCUT2D eigenvalue weighted by atomic mass is 9.83. The minimum absolute atomic E-state index is 0.0565.